The molecule has 3 heteroatoms. The summed E-state index contributed by atoms with van der Waals surface area (Å²) in [6.45, 7) is 5.28. The second-order valence-corrected chi connectivity index (χ2v) is 3.67. The molecule has 0 aromatic heterocycles. The van der Waals surface area contributed by atoms with Crippen LogP contribution in [-0.2, 0) is 0 Å². The van der Waals surface area contributed by atoms with Crippen LogP contribution in [0, 0.1) is 0 Å². The summed E-state index contributed by atoms with van der Waals surface area (Å²) in [7, 11) is 0. The van der Waals surface area contributed by atoms with E-state index in [1.165, 1.54) is 5.56 Å². The molecule has 0 saturated carbocycles. The van der Waals surface area contributed by atoms with E-state index in [0.717, 1.165) is 5.75 Å². The van der Waals surface area contributed by atoms with Crippen molar-refractivity contribution in [1.82, 2.24) is 0 Å². The van der Waals surface area contributed by atoms with E-state index in [-0.39, 0.29) is 0 Å². The van der Waals surface area contributed by atoms with Gasteiger partial charge in [0.25, 0.3) is 0 Å². The molecule has 1 aromatic rings. The largest absolute Gasteiger partial charge is 0.492 e. The summed E-state index contributed by atoms with van der Waals surface area (Å²) in [5.41, 5.74) is 6.76. The first-order chi connectivity index (χ1) is 6.69. The van der Waals surface area contributed by atoms with Gasteiger partial charge in [0.15, 0.2) is 0 Å². The molecule has 0 bridgehead atoms. The lowest BCUT2D eigenvalue weighted by atomic mass is 10.0. The number of rotatable bonds is 4. The first kappa shape index (κ1) is 11.3. The quantitative estimate of drug-likeness (QED) is 0.835. The molecule has 0 amide bonds. The average Bonchev–Trinajstić information content (AvgIpc) is 2.20. The first-order valence-electron chi connectivity index (χ1n) is 4.81. The molecule has 0 saturated heterocycles. The normalized spacial score (nSPS) is 12.6. The van der Waals surface area contributed by atoms with Crippen molar-refractivity contribution in [3.05, 3.63) is 28.8 Å². The molecular weight excluding hydrogens is 198 g/mol. The molecule has 0 radical (unpaired) electrons. The van der Waals surface area contributed by atoms with Crippen molar-refractivity contribution in [2.45, 2.75) is 19.8 Å². The third kappa shape index (κ3) is 2.63. The van der Waals surface area contributed by atoms with Gasteiger partial charge >= 0.3 is 0 Å². The summed E-state index contributed by atoms with van der Waals surface area (Å²) >= 11 is 5.97. The lowest BCUT2D eigenvalue weighted by Crippen LogP contribution is -2.09. The van der Waals surface area contributed by atoms with Crippen LogP contribution in [-0.4, -0.2) is 13.2 Å². The highest BCUT2D eigenvalue weighted by atomic mass is 35.5. The Labute approximate surface area is 90.0 Å². The standard InChI is InChI=1S/C11H16ClNO/c1-3-14-11-6-9(8(2)7-13)4-5-10(11)12/h4-6,8H,3,7,13H2,1-2H3. The molecule has 0 fully saturated rings. The zero-order valence-electron chi connectivity index (χ0n) is 8.59. The van der Waals surface area contributed by atoms with Crippen LogP contribution in [0.1, 0.15) is 25.3 Å². The Balaban J connectivity index is 2.93. The van der Waals surface area contributed by atoms with Crippen molar-refractivity contribution in [2.75, 3.05) is 13.2 Å². The number of benzene rings is 1. The maximum Gasteiger partial charge on any atom is 0.138 e. The fourth-order valence-corrected chi connectivity index (χ4v) is 1.40. The molecular formula is C11H16ClNO. The number of halogens is 1. The Morgan fingerprint density at radius 1 is 1.50 bits per heavy atom. The van der Waals surface area contributed by atoms with E-state index in [2.05, 4.69) is 6.92 Å². The zero-order valence-corrected chi connectivity index (χ0v) is 9.34. The SMILES string of the molecule is CCOc1cc(C(C)CN)ccc1Cl. The highest BCUT2D eigenvalue weighted by Crippen LogP contribution is 2.28. The Kier molecular flexibility index (Phi) is 4.23. The second kappa shape index (κ2) is 5.23. The molecule has 1 atom stereocenters. The van der Waals surface area contributed by atoms with Crippen LogP contribution in [0.4, 0.5) is 0 Å². The van der Waals surface area contributed by atoms with Crippen LogP contribution < -0.4 is 10.5 Å². The predicted octanol–water partition coefficient (Wildman–Crippen LogP) is 2.80. The minimum absolute atomic E-state index is 0.339. The minimum atomic E-state index is 0.339. The summed E-state index contributed by atoms with van der Waals surface area (Å²) in [5, 5.41) is 0.653. The summed E-state index contributed by atoms with van der Waals surface area (Å²) in [5.74, 6) is 1.08. The summed E-state index contributed by atoms with van der Waals surface area (Å²) < 4.78 is 5.40. The molecule has 0 heterocycles. The zero-order chi connectivity index (χ0) is 10.6. The van der Waals surface area contributed by atoms with Crippen molar-refractivity contribution in [1.29, 1.82) is 0 Å². The topological polar surface area (TPSA) is 35.2 Å². The van der Waals surface area contributed by atoms with Gasteiger partial charge in [-0.15, -0.1) is 0 Å². The van der Waals surface area contributed by atoms with Gasteiger partial charge in [0, 0.05) is 0 Å². The van der Waals surface area contributed by atoms with Gasteiger partial charge in [0.1, 0.15) is 5.75 Å². The summed E-state index contributed by atoms with van der Waals surface area (Å²) in [6, 6.07) is 5.81. The van der Waals surface area contributed by atoms with Crippen LogP contribution in [0.2, 0.25) is 5.02 Å². The summed E-state index contributed by atoms with van der Waals surface area (Å²) in [4.78, 5) is 0. The fourth-order valence-electron chi connectivity index (χ4n) is 1.23. The number of hydrogen-bond acceptors (Lipinski definition) is 2. The van der Waals surface area contributed by atoms with Crippen molar-refractivity contribution >= 4 is 11.6 Å². The van der Waals surface area contributed by atoms with Gasteiger partial charge < -0.3 is 10.5 Å². The minimum Gasteiger partial charge on any atom is -0.492 e. The highest BCUT2D eigenvalue weighted by molar-refractivity contribution is 6.32. The predicted molar refractivity (Wildman–Crippen MR) is 60.1 cm³/mol. The van der Waals surface area contributed by atoms with Crippen LogP contribution >= 0.6 is 11.6 Å². The van der Waals surface area contributed by atoms with Crippen molar-refractivity contribution in [3.8, 4) is 5.75 Å². The Bertz CT molecular complexity index is 301. The van der Waals surface area contributed by atoms with Gasteiger partial charge in [0.05, 0.1) is 11.6 Å². The van der Waals surface area contributed by atoms with E-state index in [1.54, 1.807) is 0 Å². The average molecular weight is 214 g/mol. The van der Waals surface area contributed by atoms with E-state index < -0.39 is 0 Å². The smallest absolute Gasteiger partial charge is 0.138 e. The van der Waals surface area contributed by atoms with Gasteiger partial charge in [-0.1, -0.05) is 24.6 Å². The maximum absolute atomic E-state index is 5.97. The van der Waals surface area contributed by atoms with Gasteiger partial charge in [-0.3, -0.25) is 0 Å². The molecule has 0 spiro atoms. The molecule has 14 heavy (non-hydrogen) atoms. The molecule has 1 rings (SSSR count). The van der Waals surface area contributed by atoms with E-state index >= 15 is 0 Å². The van der Waals surface area contributed by atoms with E-state index in [9.17, 15) is 0 Å². The first-order valence-corrected chi connectivity index (χ1v) is 5.19. The van der Waals surface area contributed by atoms with E-state index in [1.807, 2.05) is 25.1 Å². The molecule has 2 N–H and O–H groups in total. The van der Waals surface area contributed by atoms with Gasteiger partial charge in [-0.05, 0) is 37.1 Å². The fraction of sp³-hybridized carbons (Fsp3) is 0.455. The van der Waals surface area contributed by atoms with Crippen LogP contribution in [0.25, 0.3) is 0 Å². The molecule has 1 aromatic carbocycles. The van der Waals surface area contributed by atoms with Crippen molar-refractivity contribution in [3.63, 3.8) is 0 Å². The lowest BCUT2D eigenvalue weighted by Gasteiger charge is -2.12. The molecule has 2 nitrogen and oxygen atoms in total. The molecule has 1 unspecified atom stereocenters. The second-order valence-electron chi connectivity index (χ2n) is 3.26. The van der Waals surface area contributed by atoms with E-state index in [0.29, 0.717) is 24.1 Å². The highest BCUT2D eigenvalue weighted by Gasteiger charge is 2.07. The van der Waals surface area contributed by atoms with Gasteiger partial charge in [-0.2, -0.15) is 0 Å². The number of hydrogen-bond donors (Lipinski definition) is 1. The van der Waals surface area contributed by atoms with Crippen molar-refractivity contribution < 1.29 is 4.74 Å². The molecule has 0 aliphatic carbocycles. The van der Waals surface area contributed by atoms with Crippen LogP contribution in [0.5, 0.6) is 5.75 Å². The van der Waals surface area contributed by atoms with Crippen molar-refractivity contribution in [2.24, 2.45) is 5.73 Å². The maximum atomic E-state index is 5.97. The van der Waals surface area contributed by atoms with Crippen LogP contribution in [0.15, 0.2) is 18.2 Å². The molecule has 78 valence electrons. The van der Waals surface area contributed by atoms with E-state index in [4.69, 9.17) is 22.1 Å². The Hall–Kier alpha value is -0.730. The Morgan fingerprint density at radius 2 is 2.21 bits per heavy atom. The van der Waals surface area contributed by atoms with Crippen LogP contribution in [0.3, 0.4) is 0 Å². The monoisotopic (exact) mass is 213 g/mol. The third-order valence-corrected chi connectivity index (χ3v) is 2.49. The summed E-state index contributed by atoms with van der Waals surface area (Å²) in [6.07, 6.45) is 0. The molecule has 0 aliphatic heterocycles. The number of ether oxygens (including phenoxy) is 1. The third-order valence-electron chi connectivity index (χ3n) is 2.18. The number of nitrogens with two attached hydrogens (primary N) is 1. The molecule has 0 aliphatic rings. The Morgan fingerprint density at radius 3 is 2.79 bits per heavy atom. The van der Waals surface area contributed by atoms with Gasteiger partial charge in [-0.25, -0.2) is 0 Å². The lowest BCUT2D eigenvalue weighted by molar-refractivity contribution is 0.340. The van der Waals surface area contributed by atoms with Gasteiger partial charge in [0.2, 0.25) is 0 Å².